The highest BCUT2D eigenvalue weighted by Crippen LogP contribution is 2.18. The van der Waals surface area contributed by atoms with Gasteiger partial charge in [-0.15, -0.1) is 5.10 Å². The Morgan fingerprint density at radius 1 is 1.35 bits per heavy atom. The summed E-state index contributed by atoms with van der Waals surface area (Å²) >= 11 is 0. The summed E-state index contributed by atoms with van der Waals surface area (Å²) in [7, 11) is 0. The number of hydrogen-bond donors (Lipinski definition) is 1. The minimum absolute atomic E-state index is 0.0950. The van der Waals surface area contributed by atoms with E-state index in [1.54, 1.807) is 0 Å². The Balaban J connectivity index is 2.19. The van der Waals surface area contributed by atoms with Crippen LogP contribution in [-0.2, 0) is 0 Å². The molecule has 0 atom stereocenters. The van der Waals surface area contributed by atoms with Crippen LogP contribution in [0.5, 0.6) is 0 Å². The molecule has 0 aliphatic rings. The molecule has 5 heteroatoms. The van der Waals surface area contributed by atoms with Crippen LogP contribution in [0.1, 0.15) is 43.0 Å². The van der Waals surface area contributed by atoms with E-state index < -0.39 is 0 Å². The van der Waals surface area contributed by atoms with Gasteiger partial charge in [0.2, 0.25) is 11.9 Å². The van der Waals surface area contributed by atoms with E-state index in [0.29, 0.717) is 12.2 Å². The van der Waals surface area contributed by atoms with Crippen molar-refractivity contribution < 1.29 is 4.79 Å². The number of unbranched alkanes of at least 4 members (excludes halogenated alkanes) is 2. The second kappa shape index (κ2) is 6.32. The second-order valence-electron chi connectivity index (χ2n) is 4.93. The molecule has 0 amide bonds. The van der Waals surface area contributed by atoms with Gasteiger partial charge in [0.25, 0.3) is 0 Å². The summed E-state index contributed by atoms with van der Waals surface area (Å²) in [5.74, 6) is 0.556. The quantitative estimate of drug-likeness (QED) is 0.849. The molecular weight excluding hydrogens is 252 g/mol. The SMILES string of the molecule is CCCCCC(=O)n1nc(-c2cccc(C)c2)nc1N. The van der Waals surface area contributed by atoms with E-state index in [-0.39, 0.29) is 11.9 Å². The molecule has 0 unspecified atom stereocenters. The van der Waals surface area contributed by atoms with Crippen molar-refractivity contribution in [3.63, 3.8) is 0 Å². The molecule has 1 aromatic heterocycles. The highest BCUT2D eigenvalue weighted by Gasteiger charge is 2.14. The van der Waals surface area contributed by atoms with Crippen molar-refractivity contribution in [3.05, 3.63) is 29.8 Å². The fraction of sp³-hybridized carbons (Fsp3) is 0.400. The van der Waals surface area contributed by atoms with Crippen LogP contribution in [-0.4, -0.2) is 20.7 Å². The van der Waals surface area contributed by atoms with E-state index in [2.05, 4.69) is 17.0 Å². The maximum absolute atomic E-state index is 12.0. The Kier molecular flexibility index (Phi) is 4.50. The van der Waals surface area contributed by atoms with Crippen molar-refractivity contribution in [2.24, 2.45) is 0 Å². The third-order valence-corrected chi connectivity index (χ3v) is 3.14. The highest BCUT2D eigenvalue weighted by atomic mass is 16.2. The average Bonchev–Trinajstić information content (AvgIpc) is 2.81. The van der Waals surface area contributed by atoms with Crippen molar-refractivity contribution in [1.82, 2.24) is 14.8 Å². The summed E-state index contributed by atoms with van der Waals surface area (Å²) in [6.07, 6.45) is 3.42. The molecular formula is C15H20N4O. The number of benzene rings is 1. The molecule has 0 fully saturated rings. The number of hydrogen-bond acceptors (Lipinski definition) is 4. The predicted octanol–water partition coefficient (Wildman–Crippen LogP) is 3.06. The lowest BCUT2D eigenvalue weighted by atomic mass is 10.1. The Morgan fingerprint density at radius 2 is 2.15 bits per heavy atom. The molecule has 1 aromatic carbocycles. The number of aromatic nitrogens is 3. The van der Waals surface area contributed by atoms with Crippen molar-refractivity contribution in [2.75, 3.05) is 5.73 Å². The molecule has 1 heterocycles. The van der Waals surface area contributed by atoms with Crippen LogP contribution in [0.4, 0.5) is 5.95 Å². The fourth-order valence-corrected chi connectivity index (χ4v) is 2.05. The highest BCUT2D eigenvalue weighted by molar-refractivity contribution is 5.81. The number of carbonyl (C=O) groups excluding carboxylic acids is 1. The first-order valence-corrected chi connectivity index (χ1v) is 6.94. The molecule has 2 N–H and O–H groups in total. The first-order valence-electron chi connectivity index (χ1n) is 6.94. The molecule has 0 spiro atoms. The molecule has 20 heavy (non-hydrogen) atoms. The number of aryl methyl sites for hydroxylation is 1. The zero-order valence-electron chi connectivity index (χ0n) is 12.0. The van der Waals surface area contributed by atoms with Gasteiger partial charge in [0.1, 0.15) is 0 Å². The third kappa shape index (κ3) is 3.23. The predicted molar refractivity (Wildman–Crippen MR) is 79.4 cm³/mol. The van der Waals surface area contributed by atoms with Gasteiger partial charge in [0.05, 0.1) is 0 Å². The van der Waals surface area contributed by atoms with Crippen molar-refractivity contribution in [1.29, 1.82) is 0 Å². The van der Waals surface area contributed by atoms with Crippen LogP contribution in [0.15, 0.2) is 24.3 Å². The summed E-state index contributed by atoms with van der Waals surface area (Å²) < 4.78 is 1.22. The minimum Gasteiger partial charge on any atom is -0.368 e. The van der Waals surface area contributed by atoms with Gasteiger partial charge in [-0.2, -0.15) is 9.67 Å². The Hall–Kier alpha value is -2.17. The Bertz CT molecular complexity index is 604. The molecule has 0 aliphatic carbocycles. The van der Waals surface area contributed by atoms with Crippen LogP contribution >= 0.6 is 0 Å². The van der Waals surface area contributed by atoms with Crippen LogP contribution in [0.3, 0.4) is 0 Å². The van der Waals surface area contributed by atoms with Gasteiger partial charge in [-0.25, -0.2) is 0 Å². The zero-order valence-corrected chi connectivity index (χ0v) is 12.0. The maximum Gasteiger partial charge on any atom is 0.250 e. The molecule has 0 aliphatic heterocycles. The summed E-state index contributed by atoms with van der Waals surface area (Å²) in [6.45, 7) is 4.10. The van der Waals surface area contributed by atoms with Crippen LogP contribution in [0.25, 0.3) is 11.4 Å². The van der Waals surface area contributed by atoms with Crippen LogP contribution < -0.4 is 5.73 Å². The van der Waals surface area contributed by atoms with Crippen LogP contribution in [0.2, 0.25) is 0 Å². The molecule has 2 aromatic rings. The third-order valence-electron chi connectivity index (χ3n) is 3.14. The zero-order chi connectivity index (χ0) is 14.5. The van der Waals surface area contributed by atoms with E-state index in [9.17, 15) is 4.79 Å². The molecule has 0 radical (unpaired) electrons. The molecule has 5 nitrogen and oxygen atoms in total. The number of nitrogens with two attached hydrogens (primary N) is 1. The maximum atomic E-state index is 12.0. The van der Waals surface area contributed by atoms with Gasteiger partial charge in [-0.1, -0.05) is 43.5 Å². The molecule has 0 bridgehead atoms. The number of anilines is 1. The lowest BCUT2D eigenvalue weighted by molar-refractivity contribution is 0.0886. The fourth-order valence-electron chi connectivity index (χ4n) is 2.05. The molecule has 0 saturated carbocycles. The van der Waals surface area contributed by atoms with Crippen molar-refractivity contribution in [2.45, 2.75) is 39.5 Å². The van der Waals surface area contributed by atoms with Crippen LogP contribution in [0, 0.1) is 6.92 Å². The summed E-state index contributed by atoms with van der Waals surface area (Å²) in [6, 6.07) is 7.82. The topological polar surface area (TPSA) is 73.8 Å². The van der Waals surface area contributed by atoms with Gasteiger partial charge >= 0.3 is 0 Å². The summed E-state index contributed by atoms with van der Waals surface area (Å²) in [5, 5.41) is 4.23. The normalized spacial score (nSPS) is 10.7. The summed E-state index contributed by atoms with van der Waals surface area (Å²) in [4.78, 5) is 16.2. The molecule has 0 saturated heterocycles. The smallest absolute Gasteiger partial charge is 0.250 e. The molecule has 2 rings (SSSR count). The van der Waals surface area contributed by atoms with Gasteiger partial charge in [0, 0.05) is 12.0 Å². The van der Waals surface area contributed by atoms with Crippen molar-refractivity contribution >= 4 is 11.9 Å². The van der Waals surface area contributed by atoms with Gasteiger partial charge in [0.15, 0.2) is 5.82 Å². The first-order chi connectivity index (χ1) is 9.61. The van der Waals surface area contributed by atoms with Crippen molar-refractivity contribution in [3.8, 4) is 11.4 Å². The first kappa shape index (κ1) is 14.2. The van der Waals surface area contributed by atoms with E-state index >= 15 is 0 Å². The molecule has 106 valence electrons. The van der Waals surface area contributed by atoms with Gasteiger partial charge in [-0.3, -0.25) is 4.79 Å². The van der Waals surface area contributed by atoms with E-state index in [0.717, 1.165) is 30.4 Å². The van der Waals surface area contributed by atoms with Gasteiger partial charge in [-0.05, 0) is 19.4 Å². The largest absolute Gasteiger partial charge is 0.368 e. The number of nitrogens with zero attached hydrogens (tertiary/aromatic N) is 3. The number of carbonyl (C=O) groups is 1. The van der Waals surface area contributed by atoms with Gasteiger partial charge < -0.3 is 5.73 Å². The van der Waals surface area contributed by atoms with E-state index in [1.165, 1.54) is 4.68 Å². The van der Waals surface area contributed by atoms with E-state index in [1.807, 2.05) is 31.2 Å². The minimum atomic E-state index is -0.0950. The standard InChI is InChI=1S/C15H20N4O/c1-3-4-5-9-13(20)19-15(16)17-14(18-19)12-8-6-7-11(2)10-12/h6-8,10H,3-5,9H2,1-2H3,(H2,16,17,18). The monoisotopic (exact) mass is 272 g/mol. The summed E-state index contributed by atoms with van der Waals surface area (Å²) in [5.41, 5.74) is 7.78. The number of rotatable bonds is 5. The second-order valence-corrected chi connectivity index (χ2v) is 4.93. The lowest BCUT2D eigenvalue weighted by Crippen LogP contribution is -2.15. The van der Waals surface area contributed by atoms with E-state index in [4.69, 9.17) is 5.73 Å². The average molecular weight is 272 g/mol. The number of nitrogen functional groups attached to an aromatic ring is 1. The Labute approximate surface area is 118 Å². The lowest BCUT2D eigenvalue weighted by Gasteiger charge is -2.00. The Morgan fingerprint density at radius 3 is 2.85 bits per heavy atom.